The van der Waals surface area contributed by atoms with Crippen molar-refractivity contribution in [3.63, 3.8) is 0 Å². The van der Waals surface area contributed by atoms with Crippen LogP contribution in [0, 0.1) is 29.9 Å². The Morgan fingerprint density at radius 2 is 1.86 bits per heavy atom. The second-order valence-corrected chi connectivity index (χ2v) is 8.04. The standard InChI is InChI=1S/C26H24F2N4O3/c1-3-31-12-13-32(26(33)19-9-5-4-6-10-19)16-21(31)35-25-23(28)17(2)22(27)24(30-25)34-20-11-7-8-18(14-20)15-29/h4-11,14,21H,3,12-13,16H2,1-2H3. The van der Waals surface area contributed by atoms with Gasteiger partial charge in [-0.25, -0.2) is 8.78 Å². The third kappa shape index (κ3) is 5.23. The van der Waals surface area contributed by atoms with Gasteiger partial charge >= 0.3 is 0 Å². The van der Waals surface area contributed by atoms with Crippen molar-refractivity contribution in [2.75, 3.05) is 26.2 Å². The molecule has 0 aliphatic carbocycles. The summed E-state index contributed by atoms with van der Waals surface area (Å²) in [6, 6.07) is 17.0. The van der Waals surface area contributed by atoms with Crippen LogP contribution >= 0.6 is 0 Å². The van der Waals surface area contributed by atoms with Gasteiger partial charge < -0.3 is 14.4 Å². The molecule has 2 aromatic carbocycles. The predicted molar refractivity (Wildman–Crippen MR) is 124 cm³/mol. The van der Waals surface area contributed by atoms with E-state index < -0.39 is 29.6 Å². The fourth-order valence-corrected chi connectivity index (χ4v) is 3.83. The highest BCUT2D eigenvalue weighted by Gasteiger charge is 2.32. The lowest BCUT2D eigenvalue weighted by Gasteiger charge is -2.40. The van der Waals surface area contributed by atoms with Crippen LogP contribution < -0.4 is 9.47 Å². The number of hydrogen-bond donors (Lipinski definition) is 0. The summed E-state index contributed by atoms with van der Waals surface area (Å²) >= 11 is 0. The van der Waals surface area contributed by atoms with Gasteiger partial charge in [0.25, 0.3) is 17.7 Å². The Bertz CT molecular complexity index is 1260. The molecule has 0 bridgehead atoms. The molecule has 180 valence electrons. The smallest absolute Gasteiger partial charge is 0.259 e. The van der Waals surface area contributed by atoms with Crippen molar-refractivity contribution in [2.45, 2.75) is 20.1 Å². The predicted octanol–water partition coefficient (Wildman–Crippen LogP) is 4.52. The number of piperazine rings is 1. The second-order valence-electron chi connectivity index (χ2n) is 8.04. The van der Waals surface area contributed by atoms with Crippen molar-refractivity contribution in [1.82, 2.24) is 14.8 Å². The Labute approximate surface area is 202 Å². The van der Waals surface area contributed by atoms with E-state index >= 15 is 0 Å². The lowest BCUT2D eigenvalue weighted by atomic mass is 10.1. The molecular formula is C26H24F2N4O3. The lowest BCUT2D eigenvalue weighted by molar-refractivity contribution is -0.0335. The summed E-state index contributed by atoms with van der Waals surface area (Å²) in [5, 5.41) is 9.07. The van der Waals surface area contributed by atoms with E-state index in [4.69, 9.17) is 14.7 Å². The molecule has 0 N–H and O–H groups in total. The van der Waals surface area contributed by atoms with Crippen LogP contribution in [0.4, 0.5) is 8.78 Å². The minimum Gasteiger partial charge on any atom is -0.454 e. The number of carbonyl (C=O) groups excluding carboxylic acids is 1. The average molecular weight is 478 g/mol. The molecule has 1 amide bonds. The van der Waals surface area contributed by atoms with Gasteiger partial charge in [-0.3, -0.25) is 9.69 Å². The zero-order chi connectivity index (χ0) is 24.9. The maximum atomic E-state index is 15.0. The summed E-state index contributed by atoms with van der Waals surface area (Å²) in [7, 11) is 0. The largest absolute Gasteiger partial charge is 0.454 e. The average Bonchev–Trinajstić information content (AvgIpc) is 2.90. The van der Waals surface area contributed by atoms with Gasteiger partial charge in [0.15, 0.2) is 17.9 Å². The van der Waals surface area contributed by atoms with Crippen LogP contribution in [0.1, 0.15) is 28.4 Å². The Kier molecular flexibility index (Phi) is 7.22. The Balaban J connectivity index is 1.59. The van der Waals surface area contributed by atoms with Crippen molar-refractivity contribution in [3.8, 4) is 23.6 Å². The second kappa shape index (κ2) is 10.5. The maximum Gasteiger partial charge on any atom is 0.259 e. The number of nitrogens with zero attached hydrogens (tertiary/aromatic N) is 4. The quantitative estimate of drug-likeness (QED) is 0.519. The van der Waals surface area contributed by atoms with Crippen molar-refractivity contribution >= 4 is 5.91 Å². The number of amides is 1. The molecule has 1 saturated heterocycles. The first-order valence-electron chi connectivity index (χ1n) is 11.2. The zero-order valence-corrected chi connectivity index (χ0v) is 19.4. The summed E-state index contributed by atoms with van der Waals surface area (Å²) in [6.45, 7) is 4.99. The van der Waals surface area contributed by atoms with E-state index in [9.17, 15) is 13.6 Å². The van der Waals surface area contributed by atoms with Gasteiger partial charge in [0.1, 0.15) is 5.75 Å². The van der Waals surface area contributed by atoms with E-state index in [-0.39, 0.29) is 23.8 Å². The number of pyridine rings is 1. The topological polar surface area (TPSA) is 78.7 Å². The fraction of sp³-hybridized carbons (Fsp3) is 0.269. The van der Waals surface area contributed by atoms with E-state index in [2.05, 4.69) is 4.98 Å². The molecule has 35 heavy (non-hydrogen) atoms. The molecular weight excluding hydrogens is 454 g/mol. The van der Waals surface area contributed by atoms with Crippen LogP contribution in [-0.2, 0) is 0 Å². The van der Waals surface area contributed by atoms with Crippen LogP contribution in [0.2, 0.25) is 0 Å². The molecule has 2 heterocycles. The molecule has 1 aliphatic heterocycles. The molecule has 7 nitrogen and oxygen atoms in total. The van der Waals surface area contributed by atoms with E-state index in [1.807, 2.05) is 24.0 Å². The van der Waals surface area contributed by atoms with Crippen LogP contribution in [0.25, 0.3) is 0 Å². The Morgan fingerprint density at radius 1 is 1.11 bits per heavy atom. The summed E-state index contributed by atoms with van der Waals surface area (Å²) < 4.78 is 41.2. The fourth-order valence-electron chi connectivity index (χ4n) is 3.83. The molecule has 0 saturated carbocycles. The lowest BCUT2D eigenvalue weighted by Crippen LogP contribution is -2.56. The van der Waals surface area contributed by atoms with Crippen LogP contribution in [0.15, 0.2) is 54.6 Å². The molecule has 1 unspecified atom stereocenters. The van der Waals surface area contributed by atoms with Crippen molar-refractivity contribution in [2.24, 2.45) is 0 Å². The van der Waals surface area contributed by atoms with Gasteiger partial charge in [-0.1, -0.05) is 31.2 Å². The maximum absolute atomic E-state index is 15.0. The Hall–Kier alpha value is -4.03. The van der Waals surface area contributed by atoms with E-state index in [0.29, 0.717) is 30.8 Å². The summed E-state index contributed by atoms with van der Waals surface area (Å²) in [6.07, 6.45) is -0.692. The van der Waals surface area contributed by atoms with Crippen molar-refractivity contribution in [1.29, 1.82) is 5.26 Å². The summed E-state index contributed by atoms with van der Waals surface area (Å²) in [5.41, 5.74) is 0.563. The van der Waals surface area contributed by atoms with Crippen molar-refractivity contribution in [3.05, 3.63) is 82.9 Å². The van der Waals surface area contributed by atoms with E-state index in [1.54, 1.807) is 41.3 Å². The third-order valence-electron chi connectivity index (χ3n) is 5.82. The molecule has 1 aliphatic rings. The molecule has 0 radical (unpaired) electrons. The molecule has 3 aromatic rings. The first-order chi connectivity index (χ1) is 16.9. The monoisotopic (exact) mass is 478 g/mol. The van der Waals surface area contributed by atoms with Gasteiger partial charge in [-0.2, -0.15) is 10.2 Å². The molecule has 1 fully saturated rings. The van der Waals surface area contributed by atoms with Gasteiger partial charge in [0.2, 0.25) is 0 Å². The molecule has 0 spiro atoms. The number of ether oxygens (including phenoxy) is 2. The van der Waals surface area contributed by atoms with Gasteiger partial charge in [-0.05, 0) is 43.8 Å². The van der Waals surface area contributed by atoms with Gasteiger partial charge in [0.05, 0.1) is 18.2 Å². The molecule has 9 heteroatoms. The van der Waals surface area contributed by atoms with Crippen LogP contribution in [0.5, 0.6) is 17.5 Å². The minimum atomic E-state index is -0.964. The molecule has 1 aromatic heterocycles. The Morgan fingerprint density at radius 3 is 2.57 bits per heavy atom. The highest BCUT2D eigenvalue weighted by Crippen LogP contribution is 2.31. The first kappa shape index (κ1) is 24.1. The highest BCUT2D eigenvalue weighted by molar-refractivity contribution is 5.94. The normalized spacial score (nSPS) is 16.0. The zero-order valence-electron chi connectivity index (χ0n) is 19.4. The third-order valence-corrected chi connectivity index (χ3v) is 5.82. The number of hydrogen-bond acceptors (Lipinski definition) is 6. The number of halogens is 2. The molecule has 1 atom stereocenters. The number of likely N-dealkylation sites (N-methyl/N-ethyl adjacent to an activating group) is 1. The number of rotatable bonds is 6. The minimum absolute atomic E-state index is 0.153. The van der Waals surface area contributed by atoms with Crippen LogP contribution in [0.3, 0.4) is 0 Å². The summed E-state index contributed by atoms with van der Waals surface area (Å²) in [5.74, 6) is -2.77. The number of nitriles is 1. The number of benzene rings is 2. The van der Waals surface area contributed by atoms with Gasteiger partial charge in [0, 0.05) is 24.2 Å². The first-order valence-corrected chi connectivity index (χ1v) is 11.2. The summed E-state index contributed by atoms with van der Waals surface area (Å²) in [4.78, 5) is 20.5. The number of carbonyl (C=O) groups is 1. The number of aromatic nitrogens is 1. The molecule has 4 rings (SSSR count). The van der Waals surface area contributed by atoms with Gasteiger partial charge in [-0.15, -0.1) is 0 Å². The van der Waals surface area contributed by atoms with Crippen molar-refractivity contribution < 1.29 is 23.0 Å². The SMILES string of the molecule is CCN1CCN(C(=O)c2ccccc2)CC1Oc1nc(Oc2cccc(C#N)c2)c(F)c(C)c1F. The van der Waals surface area contributed by atoms with E-state index in [1.165, 1.54) is 19.1 Å². The van der Waals surface area contributed by atoms with E-state index in [0.717, 1.165) is 0 Å². The van der Waals surface area contributed by atoms with Crippen LogP contribution in [-0.4, -0.2) is 53.1 Å². The highest BCUT2D eigenvalue weighted by atomic mass is 19.1.